The van der Waals surface area contributed by atoms with E-state index < -0.39 is 0 Å². The summed E-state index contributed by atoms with van der Waals surface area (Å²) in [5, 5.41) is 4.91. The van der Waals surface area contributed by atoms with Crippen molar-refractivity contribution < 1.29 is 4.79 Å². The molecule has 1 aromatic carbocycles. The number of piperazine rings is 1. The van der Waals surface area contributed by atoms with E-state index in [1.165, 1.54) is 10.5 Å². The highest BCUT2D eigenvalue weighted by Crippen LogP contribution is 2.23. The Morgan fingerprint density at radius 2 is 1.80 bits per heavy atom. The molecule has 1 amide bonds. The lowest BCUT2D eigenvalue weighted by molar-refractivity contribution is -0.132. The fraction of sp³-hybridized carbons (Fsp3) is 0.450. The fourth-order valence-electron chi connectivity index (χ4n) is 3.04. The average molecular weight is 375 g/mol. The van der Waals surface area contributed by atoms with Crippen molar-refractivity contribution in [2.24, 2.45) is 0 Å². The first-order chi connectivity index (χ1) is 12.1. The van der Waals surface area contributed by atoms with Crippen LogP contribution in [-0.2, 0) is 17.8 Å². The van der Waals surface area contributed by atoms with E-state index in [0.717, 1.165) is 38.3 Å². The molecule has 3 nitrogen and oxygen atoms in total. The lowest BCUT2D eigenvalue weighted by Crippen LogP contribution is -2.48. The van der Waals surface area contributed by atoms with Gasteiger partial charge in [0.2, 0.25) is 5.91 Å². The van der Waals surface area contributed by atoms with Crippen LogP contribution in [-0.4, -0.2) is 47.1 Å². The molecule has 3 rings (SSSR count). The van der Waals surface area contributed by atoms with E-state index in [4.69, 9.17) is 0 Å². The van der Waals surface area contributed by atoms with Gasteiger partial charge in [-0.05, 0) is 40.1 Å². The first-order valence-corrected chi connectivity index (χ1v) is 10.7. The standard InChI is InChI=1S/C20H26N2OS2/c1-16(2)25-19-5-3-17(4-6-19)13-20(23)22-10-8-21(9-11-22)14-18-7-12-24-15-18/h3-7,12,15-16H,8-11,13-14H2,1-2H3. The van der Waals surface area contributed by atoms with Gasteiger partial charge < -0.3 is 4.90 Å². The van der Waals surface area contributed by atoms with Gasteiger partial charge in [0.25, 0.3) is 0 Å². The third kappa shape index (κ3) is 5.59. The van der Waals surface area contributed by atoms with Gasteiger partial charge in [0.1, 0.15) is 0 Å². The zero-order chi connectivity index (χ0) is 17.6. The number of amides is 1. The van der Waals surface area contributed by atoms with Crippen molar-refractivity contribution in [2.75, 3.05) is 26.2 Å². The van der Waals surface area contributed by atoms with Gasteiger partial charge in [-0.3, -0.25) is 9.69 Å². The van der Waals surface area contributed by atoms with Crippen molar-refractivity contribution in [1.82, 2.24) is 9.80 Å². The minimum atomic E-state index is 0.249. The molecule has 2 heterocycles. The predicted molar refractivity (Wildman–Crippen MR) is 107 cm³/mol. The van der Waals surface area contributed by atoms with Crippen molar-refractivity contribution in [1.29, 1.82) is 0 Å². The maximum atomic E-state index is 12.6. The molecule has 0 unspecified atom stereocenters. The number of nitrogens with zero attached hydrogens (tertiary/aromatic N) is 2. The molecule has 1 fully saturated rings. The van der Waals surface area contributed by atoms with Crippen LogP contribution in [0.4, 0.5) is 0 Å². The topological polar surface area (TPSA) is 23.6 Å². The van der Waals surface area contributed by atoms with Gasteiger partial charge in [0, 0.05) is 42.9 Å². The third-order valence-corrected chi connectivity index (χ3v) is 6.11. The van der Waals surface area contributed by atoms with Gasteiger partial charge >= 0.3 is 0 Å². The molecule has 0 spiro atoms. The summed E-state index contributed by atoms with van der Waals surface area (Å²) in [5.74, 6) is 0.249. The Morgan fingerprint density at radius 3 is 2.40 bits per heavy atom. The number of benzene rings is 1. The lowest BCUT2D eigenvalue weighted by Gasteiger charge is -2.34. The number of rotatable bonds is 6. The quantitative estimate of drug-likeness (QED) is 0.710. The van der Waals surface area contributed by atoms with Gasteiger partial charge in [-0.2, -0.15) is 11.3 Å². The van der Waals surface area contributed by atoms with E-state index in [2.05, 4.69) is 59.8 Å². The van der Waals surface area contributed by atoms with Crippen molar-refractivity contribution >= 4 is 29.0 Å². The Balaban J connectivity index is 1.46. The molecule has 0 aliphatic carbocycles. The molecular weight excluding hydrogens is 348 g/mol. The van der Waals surface area contributed by atoms with Crippen molar-refractivity contribution in [3.63, 3.8) is 0 Å². The Morgan fingerprint density at radius 1 is 1.08 bits per heavy atom. The van der Waals surface area contributed by atoms with E-state index in [1.54, 1.807) is 11.3 Å². The SMILES string of the molecule is CC(C)Sc1ccc(CC(=O)N2CCN(Cc3ccsc3)CC2)cc1. The average Bonchev–Trinajstić information content (AvgIpc) is 3.10. The summed E-state index contributed by atoms with van der Waals surface area (Å²) in [6.45, 7) is 8.99. The molecule has 0 bridgehead atoms. The molecule has 1 aliphatic rings. The van der Waals surface area contributed by atoms with Crippen LogP contribution in [0.2, 0.25) is 0 Å². The summed E-state index contributed by atoms with van der Waals surface area (Å²) in [6, 6.07) is 10.6. The Bertz CT molecular complexity index is 660. The zero-order valence-corrected chi connectivity index (χ0v) is 16.6. The largest absolute Gasteiger partial charge is 0.340 e. The maximum Gasteiger partial charge on any atom is 0.227 e. The smallest absolute Gasteiger partial charge is 0.227 e. The first-order valence-electron chi connectivity index (χ1n) is 8.87. The molecule has 0 radical (unpaired) electrons. The molecule has 0 N–H and O–H groups in total. The highest BCUT2D eigenvalue weighted by atomic mass is 32.2. The molecule has 0 saturated carbocycles. The normalized spacial score (nSPS) is 15.7. The van der Waals surface area contributed by atoms with E-state index in [1.807, 2.05) is 16.7 Å². The van der Waals surface area contributed by atoms with Crippen LogP contribution in [0.5, 0.6) is 0 Å². The van der Waals surface area contributed by atoms with Gasteiger partial charge in [-0.1, -0.05) is 26.0 Å². The molecule has 25 heavy (non-hydrogen) atoms. The van der Waals surface area contributed by atoms with Gasteiger partial charge in [0.05, 0.1) is 6.42 Å². The molecule has 2 aromatic rings. The molecule has 5 heteroatoms. The second-order valence-corrected chi connectivity index (χ2v) is 9.21. The van der Waals surface area contributed by atoms with Crippen LogP contribution >= 0.6 is 23.1 Å². The lowest BCUT2D eigenvalue weighted by atomic mass is 10.1. The van der Waals surface area contributed by atoms with Crippen molar-refractivity contribution in [2.45, 2.75) is 37.0 Å². The molecule has 1 aliphatic heterocycles. The number of hydrogen-bond donors (Lipinski definition) is 0. The summed E-state index contributed by atoms with van der Waals surface area (Å²) in [5.41, 5.74) is 2.49. The van der Waals surface area contributed by atoms with E-state index in [0.29, 0.717) is 11.7 Å². The van der Waals surface area contributed by atoms with Crippen LogP contribution in [0.3, 0.4) is 0 Å². The minimum Gasteiger partial charge on any atom is -0.340 e. The number of thiophene rings is 1. The fourth-order valence-corrected chi connectivity index (χ4v) is 4.54. The Labute approximate surface area is 159 Å². The molecule has 0 atom stereocenters. The highest BCUT2D eigenvalue weighted by molar-refractivity contribution is 7.99. The minimum absolute atomic E-state index is 0.249. The first kappa shape index (κ1) is 18.5. The van der Waals surface area contributed by atoms with E-state index >= 15 is 0 Å². The zero-order valence-electron chi connectivity index (χ0n) is 15.0. The molecule has 134 valence electrons. The van der Waals surface area contributed by atoms with Gasteiger partial charge in [-0.25, -0.2) is 0 Å². The second kappa shape index (κ2) is 8.88. The van der Waals surface area contributed by atoms with Crippen LogP contribution < -0.4 is 0 Å². The van der Waals surface area contributed by atoms with Gasteiger partial charge in [0.15, 0.2) is 0 Å². The predicted octanol–water partition coefficient (Wildman–Crippen LogP) is 4.14. The van der Waals surface area contributed by atoms with E-state index in [9.17, 15) is 4.79 Å². The maximum absolute atomic E-state index is 12.6. The number of thioether (sulfide) groups is 1. The van der Waals surface area contributed by atoms with Gasteiger partial charge in [-0.15, -0.1) is 11.8 Å². The van der Waals surface area contributed by atoms with Crippen LogP contribution in [0.25, 0.3) is 0 Å². The molecule has 1 aromatic heterocycles. The second-order valence-electron chi connectivity index (χ2n) is 6.78. The molecule has 1 saturated heterocycles. The number of carbonyl (C=O) groups excluding carboxylic acids is 1. The summed E-state index contributed by atoms with van der Waals surface area (Å²) in [7, 11) is 0. The summed E-state index contributed by atoms with van der Waals surface area (Å²) >= 11 is 3.60. The summed E-state index contributed by atoms with van der Waals surface area (Å²) in [4.78, 5) is 18.3. The molecular formula is C20H26N2OS2. The van der Waals surface area contributed by atoms with Crippen molar-refractivity contribution in [3.05, 3.63) is 52.2 Å². The summed E-state index contributed by atoms with van der Waals surface area (Å²) in [6.07, 6.45) is 0.511. The Hall–Kier alpha value is -1.30. The summed E-state index contributed by atoms with van der Waals surface area (Å²) < 4.78 is 0. The Kier molecular flexibility index (Phi) is 6.57. The third-order valence-electron chi connectivity index (χ3n) is 4.36. The van der Waals surface area contributed by atoms with Crippen LogP contribution in [0, 0.1) is 0 Å². The monoisotopic (exact) mass is 374 g/mol. The highest BCUT2D eigenvalue weighted by Gasteiger charge is 2.21. The van der Waals surface area contributed by atoms with Crippen molar-refractivity contribution in [3.8, 4) is 0 Å². The van der Waals surface area contributed by atoms with E-state index in [-0.39, 0.29) is 5.91 Å². The number of carbonyl (C=O) groups is 1. The van der Waals surface area contributed by atoms with Crippen LogP contribution in [0.1, 0.15) is 25.0 Å². The number of hydrogen-bond acceptors (Lipinski definition) is 4. The van der Waals surface area contributed by atoms with Crippen LogP contribution in [0.15, 0.2) is 46.0 Å².